The van der Waals surface area contributed by atoms with Gasteiger partial charge >= 0.3 is 0 Å². The molecule has 0 aromatic carbocycles. The number of hydrogen-bond donors (Lipinski definition) is 0. The molecule has 1 aromatic rings. The molecule has 0 saturated heterocycles. The van der Waals surface area contributed by atoms with Crippen molar-refractivity contribution in [1.29, 1.82) is 5.26 Å². The Labute approximate surface area is 97.2 Å². The van der Waals surface area contributed by atoms with Crippen LogP contribution in [0.15, 0.2) is 18.6 Å². The number of aromatic nitrogens is 1. The highest BCUT2D eigenvalue weighted by atomic mass is 127. The number of nitrogens with zero attached hydrogens (tertiary/aromatic N) is 3. The molecule has 0 unspecified atom stereocenters. The molecule has 0 fully saturated rings. The molecule has 0 bridgehead atoms. The van der Waals surface area contributed by atoms with Gasteiger partial charge in [0.15, 0.2) is 0 Å². The van der Waals surface area contributed by atoms with Gasteiger partial charge in [0.2, 0.25) is 0 Å². The lowest BCUT2D eigenvalue weighted by Crippen LogP contribution is -2.00. The maximum absolute atomic E-state index is 8.87. The maximum Gasteiger partial charge on any atom is 0.101 e. The average Bonchev–Trinajstić information content (AvgIpc) is 2.15. The predicted octanol–water partition coefficient (Wildman–Crippen LogP) is 2.09. The first-order valence-electron chi connectivity index (χ1n) is 4.03. The molecular weight excluding hydrogens is 289 g/mol. The van der Waals surface area contributed by atoms with E-state index in [0.29, 0.717) is 5.56 Å². The Morgan fingerprint density at radius 1 is 1.50 bits per heavy atom. The summed E-state index contributed by atoms with van der Waals surface area (Å²) >= 11 is 2.17. The minimum atomic E-state index is 0.606. The Hall–Kier alpha value is -1.09. The van der Waals surface area contributed by atoms with Gasteiger partial charge in [0.05, 0.1) is 5.56 Å². The van der Waals surface area contributed by atoms with Crippen LogP contribution in [0, 0.1) is 14.9 Å². The van der Waals surface area contributed by atoms with Gasteiger partial charge in [-0.15, -0.1) is 0 Å². The van der Waals surface area contributed by atoms with Gasteiger partial charge in [-0.3, -0.25) is 4.98 Å². The van der Waals surface area contributed by atoms with Crippen molar-refractivity contribution in [3.63, 3.8) is 0 Å². The average molecular weight is 299 g/mol. The van der Waals surface area contributed by atoms with Crippen molar-refractivity contribution >= 4 is 28.7 Å². The van der Waals surface area contributed by atoms with E-state index in [1.807, 2.05) is 31.3 Å². The Morgan fingerprint density at radius 3 is 2.79 bits per heavy atom. The first-order valence-corrected chi connectivity index (χ1v) is 5.11. The molecule has 0 radical (unpaired) electrons. The number of pyridine rings is 1. The number of nitriles is 1. The molecule has 1 aromatic heterocycles. The predicted molar refractivity (Wildman–Crippen MR) is 64.4 cm³/mol. The van der Waals surface area contributed by atoms with Crippen molar-refractivity contribution in [3.05, 3.63) is 33.3 Å². The molecule has 0 aliphatic rings. The first-order chi connectivity index (χ1) is 6.65. The molecule has 1 rings (SSSR count). The van der Waals surface area contributed by atoms with E-state index in [2.05, 4.69) is 33.6 Å². The summed E-state index contributed by atoms with van der Waals surface area (Å²) in [4.78, 5) is 5.89. The van der Waals surface area contributed by atoms with E-state index >= 15 is 0 Å². The van der Waals surface area contributed by atoms with Gasteiger partial charge in [-0.25, -0.2) is 0 Å². The molecule has 72 valence electrons. The fourth-order valence-electron chi connectivity index (χ4n) is 0.927. The summed E-state index contributed by atoms with van der Waals surface area (Å²) in [6.45, 7) is 0. The zero-order valence-electron chi connectivity index (χ0n) is 8.03. The van der Waals surface area contributed by atoms with Crippen LogP contribution in [0.25, 0.3) is 6.08 Å². The highest BCUT2D eigenvalue weighted by Gasteiger charge is 2.02. The number of rotatable bonds is 2. The maximum atomic E-state index is 8.87. The lowest BCUT2D eigenvalue weighted by Gasteiger charge is -2.05. The highest BCUT2D eigenvalue weighted by molar-refractivity contribution is 14.1. The van der Waals surface area contributed by atoms with Crippen molar-refractivity contribution in [1.82, 2.24) is 9.88 Å². The third-order valence-electron chi connectivity index (χ3n) is 1.60. The smallest absolute Gasteiger partial charge is 0.101 e. The molecule has 4 heteroatoms. The second-order valence-electron chi connectivity index (χ2n) is 2.97. The van der Waals surface area contributed by atoms with Crippen LogP contribution in [0.3, 0.4) is 0 Å². The minimum Gasteiger partial charge on any atom is -0.383 e. The van der Waals surface area contributed by atoms with Crippen LogP contribution < -0.4 is 0 Å². The van der Waals surface area contributed by atoms with E-state index in [0.717, 1.165) is 9.13 Å². The van der Waals surface area contributed by atoms with Crippen LogP contribution in [-0.2, 0) is 0 Å². The van der Waals surface area contributed by atoms with Gasteiger partial charge in [0, 0.05) is 35.6 Å². The largest absolute Gasteiger partial charge is 0.383 e. The Balaban J connectivity index is 3.13. The van der Waals surface area contributed by atoms with Gasteiger partial charge < -0.3 is 4.90 Å². The standard InChI is InChI=1S/C10H10IN3/c1-14(2)4-3-9-8(5-12)6-13-7-10(9)11/h3-4,6-7H,1-2H3/b4-3+. The quantitative estimate of drug-likeness (QED) is 0.785. The van der Waals surface area contributed by atoms with E-state index in [9.17, 15) is 0 Å². The third-order valence-corrected chi connectivity index (χ3v) is 2.46. The van der Waals surface area contributed by atoms with Crippen molar-refractivity contribution in [2.24, 2.45) is 0 Å². The summed E-state index contributed by atoms with van der Waals surface area (Å²) < 4.78 is 0.986. The Kier molecular flexibility index (Phi) is 3.89. The fourth-order valence-corrected chi connectivity index (χ4v) is 1.56. The van der Waals surface area contributed by atoms with Crippen LogP contribution in [0.2, 0.25) is 0 Å². The Morgan fingerprint density at radius 2 is 2.21 bits per heavy atom. The zero-order chi connectivity index (χ0) is 10.6. The summed E-state index contributed by atoms with van der Waals surface area (Å²) in [6, 6.07) is 2.12. The fraction of sp³-hybridized carbons (Fsp3) is 0.200. The topological polar surface area (TPSA) is 39.9 Å². The van der Waals surface area contributed by atoms with Crippen LogP contribution in [-0.4, -0.2) is 24.0 Å². The number of hydrogen-bond acceptors (Lipinski definition) is 3. The molecule has 0 aliphatic carbocycles. The molecule has 0 aliphatic heterocycles. The molecule has 0 spiro atoms. The lowest BCUT2D eigenvalue weighted by atomic mass is 10.1. The Bertz CT molecular complexity index is 391. The van der Waals surface area contributed by atoms with Gasteiger partial charge in [0.1, 0.15) is 6.07 Å². The molecule has 3 nitrogen and oxygen atoms in total. The van der Waals surface area contributed by atoms with Gasteiger partial charge in [0.25, 0.3) is 0 Å². The summed E-state index contributed by atoms with van der Waals surface area (Å²) in [5.74, 6) is 0. The van der Waals surface area contributed by atoms with E-state index in [1.165, 1.54) is 0 Å². The minimum absolute atomic E-state index is 0.606. The second kappa shape index (κ2) is 4.96. The lowest BCUT2D eigenvalue weighted by molar-refractivity contribution is 0.567. The summed E-state index contributed by atoms with van der Waals surface area (Å²) in [7, 11) is 3.88. The molecule has 0 amide bonds. The summed E-state index contributed by atoms with van der Waals surface area (Å²) in [6.07, 6.45) is 7.16. The van der Waals surface area contributed by atoms with Gasteiger partial charge in [-0.1, -0.05) is 0 Å². The zero-order valence-corrected chi connectivity index (χ0v) is 10.2. The van der Waals surface area contributed by atoms with E-state index in [1.54, 1.807) is 12.4 Å². The third kappa shape index (κ3) is 2.70. The first kappa shape index (κ1) is 11.0. The van der Waals surface area contributed by atoms with Gasteiger partial charge in [-0.05, 0) is 34.9 Å². The van der Waals surface area contributed by atoms with Crippen LogP contribution in [0.1, 0.15) is 11.1 Å². The monoisotopic (exact) mass is 299 g/mol. The SMILES string of the molecule is CN(C)/C=C/c1c(I)cncc1C#N. The molecule has 0 saturated carbocycles. The molecular formula is C10H10IN3. The summed E-state index contributed by atoms with van der Waals surface area (Å²) in [5, 5.41) is 8.87. The molecule has 0 N–H and O–H groups in total. The van der Waals surface area contributed by atoms with Crippen molar-refractivity contribution in [2.75, 3.05) is 14.1 Å². The normalized spacial score (nSPS) is 10.1. The van der Waals surface area contributed by atoms with E-state index in [-0.39, 0.29) is 0 Å². The van der Waals surface area contributed by atoms with E-state index in [4.69, 9.17) is 5.26 Å². The van der Waals surface area contributed by atoms with E-state index < -0.39 is 0 Å². The van der Waals surface area contributed by atoms with Crippen LogP contribution in [0.5, 0.6) is 0 Å². The van der Waals surface area contributed by atoms with Crippen molar-refractivity contribution < 1.29 is 0 Å². The van der Waals surface area contributed by atoms with Crippen LogP contribution in [0.4, 0.5) is 0 Å². The van der Waals surface area contributed by atoms with Gasteiger partial charge in [-0.2, -0.15) is 5.26 Å². The summed E-state index contributed by atoms with van der Waals surface area (Å²) in [5.41, 5.74) is 1.53. The molecule has 0 atom stereocenters. The molecule has 1 heterocycles. The van der Waals surface area contributed by atoms with Crippen molar-refractivity contribution in [2.45, 2.75) is 0 Å². The number of halogens is 1. The molecule has 14 heavy (non-hydrogen) atoms. The van der Waals surface area contributed by atoms with Crippen LogP contribution >= 0.6 is 22.6 Å². The highest BCUT2D eigenvalue weighted by Crippen LogP contribution is 2.16. The van der Waals surface area contributed by atoms with Crippen molar-refractivity contribution in [3.8, 4) is 6.07 Å². The second-order valence-corrected chi connectivity index (χ2v) is 4.14.